The van der Waals surface area contributed by atoms with Gasteiger partial charge >= 0.3 is 0 Å². The lowest BCUT2D eigenvalue weighted by Gasteiger charge is -2.34. The summed E-state index contributed by atoms with van der Waals surface area (Å²) in [5, 5.41) is 0. The molecule has 0 heterocycles. The highest BCUT2D eigenvalue weighted by Crippen LogP contribution is 2.50. The predicted octanol–water partition coefficient (Wildman–Crippen LogP) is 5.13. The van der Waals surface area contributed by atoms with Gasteiger partial charge in [-0.25, -0.2) is 0 Å². The lowest BCUT2D eigenvalue weighted by molar-refractivity contribution is 0.165. The van der Waals surface area contributed by atoms with Crippen molar-refractivity contribution in [3.8, 4) is 0 Å². The molecular weight excluding hydrogens is 192 g/mol. The molecule has 0 nitrogen and oxygen atoms in total. The van der Waals surface area contributed by atoms with Gasteiger partial charge in [-0.3, -0.25) is 0 Å². The molecule has 0 aromatic rings. The molecule has 2 aliphatic rings. The molecule has 2 saturated carbocycles. The fourth-order valence-corrected chi connectivity index (χ4v) is 4.24. The Morgan fingerprint density at radius 3 is 2.50 bits per heavy atom. The third kappa shape index (κ3) is 2.63. The van der Waals surface area contributed by atoms with E-state index >= 15 is 0 Å². The second kappa shape index (κ2) is 5.10. The van der Waals surface area contributed by atoms with Gasteiger partial charge in [0.1, 0.15) is 0 Å². The van der Waals surface area contributed by atoms with Crippen LogP contribution in [-0.2, 0) is 0 Å². The Hall–Kier alpha value is 0. The summed E-state index contributed by atoms with van der Waals surface area (Å²) in [7, 11) is 0. The quantitative estimate of drug-likeness (QED) is 0.621. The highest BCUT2D eigenvalue weighted by molar-refractivity contribution is 4.91. The van der Waals surface area contributed by atoms with Crippen LogP contribution < -0.4 is 0 Å². The van der Waals surface area contributed by atoms with Crippen molar-refractivity contribution >= 4 is 0 Å². The maximum atomic E-state index is 2.51. The molecule has 0 aromatic carbocycles. The molecule has 0 aromatic heterocycles. The van der Waals surface area contributed by atoms with Crippen molar-refractivity contribution in [3.05, 3.63) is 0 Å². The van der Waals surface area contributed by atoms with E-state index < -0.39 is 0 Å². The maximum absolute atomic E-state index is 2.51. The van der Waals surface area contributed by atoms with E-state index in [9.17, 15) is 0 Å². The maximum Gasteiger partial charge on any atom is -0.0355 e. The molecule has 0 bridgehead atoms. The third-order valence-corrected chi connectivity index (χ3v) is 5.56. The Bertz CT molecular complexity index is 218. The average molecular weight is 222 g/mol. The smallest absolute Gasteiger partial charge is 0.0355 e. The molecule has 0 spiro atoms. The molecule has 5 atom stereocenters. The summed E-state index contributed by atoms with van der Waals surface area (Å²) in [6.07, 6.45) is 9.12. The van der Waals surface area contributed by atoms with E-state index in [1.54, 1.807) is 12.8 Å². The molecule has 0 saturated heterocycles. The van der Waals surface area contributed by atoms with Gasteiger partial charge < -0.3 is 0 Å². The van der Waals surface area contributed by atoms with Crippen LogP contribution >= 0.6 is 0 Å². The summed E-state index contributed by atoms with van der Waals surface area (Å²) in [5.74, 6) is 6.15. The molecule has 0 heteroatoms. The first-order valence-corrected chi connectivity index (χ1v) is 7.58. The summed E-state index contributed by atoms with van der Waals surface area (Å²) in [6, 6.07) is 0. The van der Waals surface area contributed by atoms with E-state index in [-0.39, 0.29) is 0 Å². The molecule has 0 N–H and O–H groups in total. The van der Waals surface area contributed by atoms with Crippen LogP contribution in [-0.4, -0.2) is 0 Å². The van der Waals surface area contributed by atoms with Crippen LogP contribution in [0.2, 0.25) is 0 Å². The monoisotopic (exact) mass is 222 g/mol. The van der Waals surface area contributed by atoms with Crippen LogP contribution in [0.5, 0.6) is 0 Å². The van der Waals surface area contributed by atoms with Crippen molar-refractivity contribution < 1.29 is 0 Å². The summed E-state index contributed by atoms with van der Waals surface area (Å²) in [6.45, 7) is 9.73. The second-order valence-electron chi connectivity index (χ2n) is 7.15. The van der Waals surface area contributed by atoms with Gasteiger partial charge in [-0.15, -0.1) is 0 Å². The molecule has 16 heavy (non-hydrogen) atoms. The van der Waals surface area contributed by atoms with Crippen LogP contribution in [0.3, 0.4) is 0 Å². The van der Waals surface area contributed by atoms with Gasteiger partial charge in [0.2, 0.25) is 0 Å². The van der Waals surface area contributed by atoms with Crippen molar-refractivity contribution in [3.63, 3.8) is 0 Å². The molecular formula is C16H30. The Balaban J connectivity index is 1.84. The third-order valence-electron chi connectivity index (χ3n) is 5.56. The molecule has 0 amide bonds. The Labute approximate surface area is 102 Å². The number of hydrogen-bond donors (Lipinski definition) is 0. The van der Waals surface area contributed by atoms with Crippen molar-refractivity contribution in [2.24, 2.45) is 35.5 Å². The fraction of sp³-hybridized carbons (Fsp3) is 1.00. The first-order valence-electron chi connectivity index (χ1n) is 7.58. The molecule has 94 valence electrons. The van der Waals surface area contributed by atoms with Gasteiger partial charge in [0, 0.05) is 0 Å². The highest BCUT2D eigenvalue weighted by Gasteiger charge is 2.41. The fourth-order valence-electron chi connectivity index (χ4n) is 4.24. The minimum atomic E-state index is 0.901. The van der Waals surface area contributed by atoms with Crippen LogP contribution in [0.4, 0.5) is 0 Å². The highest BCUT2D eigenvalue weighted by atomic mass is 14.5. The predicted molar refractivity (Wildman–Crippen MR) is 71.3 cm³/mol. The summed E-state index contributed by atoms with van der Waals surface area (Å²) in [5.41, 5.74) is 0. The lowest BCUT2D eigenvalue weighted by atomic mass is 9.71. The summed E-state index contributed by atoms with van der Waals surface area (Å²) in [4.78, 5) is 0. The van der Waals surface area contributed by atoms with Crippen LogP contribution in [0.1, 0.15) is 66.2 Å². The Morgan fingerprint density at radius 1 is 1.06 bits per heavy atom. The minimum Gasteiger partial charge on any atom is -0.0628 e. The zero-order chi connectivity index (χ0) is 11.7. The van der Waals surface area contributed by atoms with E-state index in [1.807, 2.05) is 0 Å². The van der Waals surface area contributed by atoms with Crippen molar-refractivity contribution in [2.75, 3.05) is 0 Å². The zero-order valence-electron chi connectivity index (χ0n) is 11.7. The molecule has 0 radical (unpaired) electrons. The molecule has 2 fully saturated rings. The van der Waals surface area contributed by atoms with Gasteiger partial charge in [0.25, 0.3) is 0 Å². The van der Waals surface area contributed by atoms with E-state index in [0.717, 1.165) is 35.5 Å². The standard InChI is InChI=1S/C16H30/c1-11(2)5-6-14-7-8-15-9-12(3)13(4)16(15)10-14/h11-16H,5-10H2,1-4H3. The van der Waals surface area contributed by atoms with Crippen molar-refractivity contribution in [2.45, 2.75) is 66.2 Å². The van der Waals surface area contributed by atoms with Crippen molar-refractivity contribution in [1.82, 2.24) is 0 Å². The number of fused-ring (bicyclic) bond motifs is 1. The van der Waals surface area contributed by atoms with Gasteiger partial charge in [0.05, 0.1) is 0 Å². The Morgan fingerprint density at radius 2 is 1.81 bits per heavy atom. The first-order chi connectivity index (χ1) is 7.58. The zero-order valence-corrected chi connectivity index (χ0v) is 11.7. The van der Waals surface area contributed by atoms with E-state index in [1.165, 1.54) is 25.7 Å². The Kier molecular flexibility index (Phi) is 3.97. The second-order valence-corrected chi connectivity index (χ2v) is 7.15. The SMILES string of the molecule is CC(C)CCC1CCC2CC(C)C(C)C2C1. The lowest BCUT2D eigenvalue weighted by Crippen LogP contribution is -2.24. The molecule has 0 aliphatic heterocycles. The molecule has 2 aliphatic carbocycles. The number of hydrogen-bond acceptors (Lipinski definition) is 0. The van der Waals surface area contributed by atoms with E-state index in [0.29, 0.717) is 0 Å². The van der Waals surface area contributed by atoms with Gasteiger partial charge in [-0.2, -0.15) is 0 Å². The van der Waals surface area contributed by atoms with Gasteiger partial charge in [-0.05, 0) is 54.8 Å². The van der Waals surface area contributed by atoms with Crippen LogP contribution in [0.15, 0.2) is 0 Å². The van der Waals surface area contributed by atoms with Crippen molar-refractivity contribution in [1.29, 1.82) is 0 Å². The summed E-state index contributed by atoms with van der Waals surface area (Å²) >= 11 is 0. The number of rotatable bonds is 3. The van der Waals surface area contributed by atoms with Gasteiger partial charge in [-0.1, -0.05) is 47.0 Å². The average Bonchev–Trinajstić information content (AvgIpc) is 2.52. The molecule has 5 unspecified atom stereocenters. The van der Waals surface area contributed by atoms with Crippen LogP contribution in [0.25, 0.3) is 0 Å². The van der Waals surface area contributed by atoms with Gasteiger partial charge in [0.15, 0.2) is 0 Å². The largest absolute Gasteiger partial charge is 0.0628 e. The normalized spacial score (nSPS) is 43.7. The first kappa shape index (κ1) is 12.5. The molecule has 2 rings (SSSR count). The topological polar surface area (TPSA) is 0 Å². The minimum absolute atomic E-state index is 0.901. The van der Waals surface area contributed by atoms with E-state index in [4.69, 9.17) is 0 Å². The van der Waals surface area contributed by atoms with E-state index in [2.05, 4.69) is 27.7 Å². The van der Waals surface area contributed by atoms with Crippen LogP contribution in [0, 0.1) is 35.5 Å². The summed E-state index contributed by atoms with van der Waals surface area (Å²) < 4.78 is 0.